The van der Waals surface area contributed by atoms with E-state index in [0.29, 0.717) is 21.3 Å². The number of fused-ring (bicyclic) bond motifs is 1. The van der Waals surface area contributed by atoms with Crippen LogP contribution in [-0.4, -0.2) is 26.4 Å². The Bertz CT molecular complexity index is 1570. The Morgan fingerprint density at radius 1 is 1.11 bits per heavy atom. The van der Waals surface area contributed by atoms with E-state index in [9.17, 15) is 14.9 Å². The molecule has 0 saturated heterocycles. The Morgan fingerprint density at radius 2 is 1.76 bits per heavy atom. The van der Waals surface area contributed by atoms with Crippen LogP contribution in [0.25, 0.3) is 6.08 Å². The molecule has 0 N–H and O–H groups in total. The van der Waals surface area contributed by atoms with Crippen LogP contribution in [0.3, 0.4) is 0 Å². The van der Waals surface area contributed by atoms with Crippen molar-refractivity contribution in [3.05, 3.63) is 102 Å². The molecule has 1 aromatic heterocycles. The molecular weight excluding hydrogens is 521 g/mol. The smallest absolute Gasteiger partial charge is 0.271 e. The van der Waals surface area contributed by atoms with Gasteiger partial charge in [-0.25, -0.2) is 9.69 Å². The van der Waals surface area contributed by atoms with E-state index in [1.165, 1.54) is 5.01 Å². The molecule has 0 bridgehead atoms. The summed E-state index contributed by atoms with van der Waals surface area (Å²) in [7, 11) is 0. The van der Waals surface area contributed by atoms with Crippen molar-refractivity contribution in [2.24, 2.45) is 11.0 Å². The molecule has 0 radical (unpaired) electrons. The van der Waals surface area contributed by atoms with Crippen molar-refractivity contribution in [3.63, 3.8) is 0 Å². The standard InChI is InChI=1S/C29H25Cl2N5O2/c1-17-18(2)33-35(29(38)25(17)15-32)16-26(37)36-28(20-8-12-23(31)13-9-20)24-5-3-4-21(27(24)34-36)14-19-6-10-22(30)11-7-19/h6-14,24,28H,3-5,16H2,1-2H3/b21-14-/t24-,28-/m1/s1. The minimum atomic E-state index is -0.584. The van der Waals surface area contributed by atoms with Gasteiger partial charge in [-0.2, -0.15) is 15.5 Å². The minimum absolute atomic E-state index is 0.00543. The highest BCUT2D eigenvalue weighted by molar-refractivity contribution is 6.30. The number of allylic oxidation sites excluding steroid dienone is 1. The van der Waals surface area contributed by atoms with Crippen LogP contribution in [0.2, 0.25) is 10.0 Å². The van der Waals surface area contributed by atoms with Crippen LogP contribution in [0.1, 0.15) is 53.3 Å². The van der Waals surface area contributed by atoms with Gasteiger partial charge in [0.15, 0.2) is 0 Å². The van der Waals surface area contributed by atoms with E-state index >= 15 is 0 Å². The van der Waals surface area contributed by atoms with E-state index in [4.69, 9.17) is 28.3 Å². The Balaban J connectivity index is 1.55. The van der Waals surface area contributed by atoms with Crippen molar-refractivity contribution in [3.8, 4) is 6.07 Å². The van der Waals surface area contributed by atoms with Gasteiger partial charge in [0.2, 0.25) is 0 Å². The molecule has 5 rings (SSSR count). The largest absolute Gasteiger partial charge is 0.285 e. The zero-order chi connectivity index (χ0) is 27.0. The molecule has 9 heteroatoms. The molecule has 3 aromatic rings. The first kappa shape index (κ1) is 25.9. The van der Waals surface area contributed by atoms with Crippen molar-refractivity contribution in [2.45, 2.75) is 45.7 Å². The lowest BCUT2D eigenvalue weighted by Crippen LogP contribution is -2.38. The SMILES string of the molecule is Cc1nn(CC(=O)N2N=C3/C(=C\c4ccc(Cl)cc4)CCC[C@H]3[C@H]2c2ccc(Cl)cc2)c(=O)c(C#N)c1C. The van der Waals surface area contributed by atoms with Crippen molar-refractivity contribution >= 4 is 40.9 Å². The second-order valence-corrected chi connectivity index (χ2v) is 10.5. The van der Waals surface area contributed by atoms with Gasteiger partial charge in [-0.1, -0.05) is 47.5 Å². The number of hydrazone groups is 1. The molecule has 0 unspecified atom stereocenters. The van der Waals surface area contributed by atoms with E-state index in [1.54, 1.807) is 26.0 Å². The summed E-state index contributed by atoms with van der Waals surface area (Å²) in [6.45, 7) is 3.07. The average Bonchev–Trinajstić information content (AvgIpc) is 3.30. The molecule has 2 atom stereocenters. The fourth-order valence-corrected chi connectivity index (χ4v) is 5.42. The average molecular weight is 546 g/mol. The summed E-state index contributed by atoms with van der Waals surface area (Å²) < 4.78 is 1.06. The quantitative estimate of drug-likeness (QED) is 0.410. The van der Waals surface area contributed by atoms with Gasteiger partial charge in [-0.05, 0) is 85.7 Å². The highest BCUT2D eigenvalue weighted by Gasteiger charge is 2.43. The first-order valence-corrected chi connectivity index (χ1v) is 13.1. The van der Waals surface area contributed by atoms with Crippen LogP contribution in [0, 0.1) is 31.1 Å². The van der Waals surface area contributed by atoms with Crippen LogP contribution in [0.4, 0.5) is 0 Å². The fourth-order valence-electron chi connectivity index (χ4n) is 5.17. The first-order chi connectivity index (χ1) is 18.3. The van der Waals surface area contributed by atoms with Crippen LogP contribution in [0.15, 0.2) is 64.0 Å². The number of aryl methyl sites for hydroxylation is 1. The third-order valence-electron chi connectivity index (χ3n) is 7.21. The van der Waals surface area contributed by atoms with E-state index in [0.717, 1.165) is 46.4 Å². The molecule has 1 aliphatic carbocycles. The van der Waals surface area contributed by atoms with Gasteiger partial charge >= 0.3 is 0 Å². The molecule has 38 heavy (non-hydrogen) atoms. The van der Waals surface area contributed by atoms with E-state index in [-0.39, 0.29) is 30.0 Å². The molecule has 2 aliphatic rings. The number of rotatable bonds is 4. The van der Waals surface area contributed by atoms with Crippen molar-refractivity contribution < 1.29 is 4.79 Å². The molecule has 1 aliphatic heterocycles. The molecule has 0 spiro atoms. The number of nitriles is 1. The number of hydrogen-bond donors (Lipinski definition) is 0. The predicted octanol–water partition coefficient (Wildman–Crippen LogP) is 5.86. The first-order valence-electron chi connectivity index (χ1n) is 12.4. The van der Waals surface area contributed by atoms with Crippen LogP contribution < -0.4 is 5.56 Å². The number of benzene rings is 2. The Hall–Kier alpha value is -3.73. The number of amides is 1. The molecule has 1 amide bonds. The predicted molar refractivity (Wildman–Crippen MR) is 148 cm³/mol. The molecule has 7 nitrogen and oxygen atoms in total. The number of halogens is 2. The lowest BCUT2D eigenvalue weighted by Gasteiger charge is -2.29. The van der Waals surface area contributed by atoms with Crippen molar-refractivity contribution in [1.29, 1.82) is 5.26 Å². The second kappa shape index (κ2) is 10.6. The van der Waals surface area contributed by atoms with Crippen LogP contribution in [0.5, 0.6) is 0 Å². The van der Waals surface area contributed by atoms with Gasteiger partial charge in [-0.15, -0.1) is 0 Å². The summed E-state index contributed by atoms with van der Waals surface area (Å²) in [4.78, 5) is 26.6. The van der Waals surface area contributed by atoms with E-state index in [1.807, 2.05) is 42.5 Å². The zero-order valence-electron chi connectivity index (χ0n) is 21.0. The lowest BCUT2D eigenvalue weighted by molar-refractivity contribution is -0.134. The summed E-state index contributed by atoms with van der Waals surface area (Å²) in [5, 5.41) is 21.4. The third-order valence-corrected chi connectivity index (χ3v) is 7.72. The maximum Gasteiger partial charge on any atom is 0.285 e. The summed E-state index contributed by atoms with van der Waals surface area (Å²) in [5.41, 5.74) is 4.33. The maximum absolute atomic E-state index is 13.7. The number of carbonyl (C=O) groups excluding carboxylic acids is 1. The van der Waals surface area contributed by atoms with Crippen LogP contribution >= 0.6 is 23.2 Å². The van der Waals surface area contributed by atoms with Crippen molar-refractivity contribution in [1.82, 2.24) is 14.8 Å². The van der Waals surface area contributed by atoms with E-state index < -0.39 is 5.56 Å². The van der Waals surface area contributed by atoms with Gasteiger partial charge in [0, 0.05) is 16.0 Å². The van der Waals surface area contributed by atoms with Crippen LogP contribution in [-0.2, 0) is 11.3 Å². The number of carbonyl (C=O) groups is 1. The highest BCUT2D eigenvalue weighted by Crippen LogP contribution is 2.44. The molecule has 192 valence electrons. The molecular formula is C29H25Cl2N5O2. The molecule has 1 fully saturated rings. The number of aromatic nitrogens is 2. The molecule has 2 heterocycles. The maximum atomic E-state index is 13.7. The third kappa shape index (κ3) is 4.90. The minimum Gasteiger partial charge on any atom is -0.271 e. The van der Waals surface area contributed by atoms with Gasteiger partial charge in [0.25, 0.3) is 11.5 Å². The number of hydrogen-bond acceptors (Lipinski definition) is 5. The monoisotopic (exact) mass is 545 g/mol. The van der Waals surface area contributed by atoms with E-state index in [2.05, 4.69) is 11.2 Å². The summed E-state index contributed by atoms with van der Waals surface area (Å²) in [6.07, 6.45) is 4.77. The Morgan fingerprint density at radius 3 is 2.42 bits per heavy atom. The summed E-state index contributed by atoms with van der Waals surface area (Å²) >= 11 is 12.2. The number of nitrogens with zero attached hydrogens (tertiary/aromatic N) is 5. The highest BCUT2D eigenvalue weighted by atomic mass is 35.5. The van der Waals surface area contributed by atoms with Gasteiger partial charge in [0.05, 0.1) is 17.4 Å². The Labute approximate surface area is 230 Å². The zero-order valence-corrected chi connectivity index (χ0v) is 22.5. The van der Waals surface area contributed by atoms with Gasteiger partial charge in [0.1, 0.15) is 18.2 Å². The normalized spacial score (nSPS) is 19.7. The summed E-state index contributed by atoms with van der Waals surface area (Å²) in [5.74, 6) is -0.383. The van der Waals surface area contributed by atoms with Gasteiger partial charge in [-0.3, -0.25) is 9.59 Å². The Kier molecular flexibility index (Phi) is 7.20. The fraction of sp³-hybridized carbons (Fsp3) is 0.276. The summed E-state index contributed by atoms with van der Waals surface area (Å²) in [6, 6.07) is 16.6. The lowest BCUT2D eigenvalue weighted by atomic mass is 9.77. The second-order valence-electron chi connectivity index (χ2n) is 9.60. The van der Waals surface area contributed by atoms with Crippen molar-refractivity contribution in [2.75, 3.05) is 0 Å². The van der Waals surface area contributed by atoms with Gasteiger partial charge < -0.3 is 0 Å². The molecule has 1 saturated carbocycles. The topological polar surface area (TPSA) is 91.3 Å². The molecule has 2 aromatic carbocycles.